The summed E-state index contributed by atoms with van der Waals surface area (Å²) in [6.07, 6.45) is 0.408. The topological polar surface area (TPSA) is 47.1 Å². The van der Waals surface area contributed by atoms with E-state index in [1.165, 1.54) is 18.8 Å². The maximum atomic E-state index is 13.7. The first-order valence-corrected chi connectivity index (χ1v) is 9.86. The van der Waals surface area contributed by atoms with Gasteiger partial charge in [-0.3, -0.25) is 4.79 Å². The van der Waals surface area contributed by atoms with Crippen molar-refractivity contribution in [2.45, 2.75) is 58.7 Å². The van der Waals surface area contributed by atoms with Crippen LogP contribution in [0.5, 0.6) is 5.75 Å². The highest BCUT2D eigenvalue weighted by molar-refractivity contribution is 6.07. The Kier molecular flexibility index (Phi) is 5.91. The Balaban J connectivity index is 2.04. The first-order valence-electron chi connectivity index (χ1n) is 9.86. The van der Waals surface area contributed by atoms with Gasteiger partial charge in [0.25, 0.3) is 5.91 Å². The summed E-state index contributed by atoms with van der Waals surface area (Å²) in [6, 6.07) is 3.62. The van der Waals surface area contributed by atoms with E-state index >= 15 is 0 Å². The number of nitrogens with one attached hydrogen (secondary N) is 1. The zero-order valence-electron chi connectivity index (χ0n) is 17.2. The van der Waals surface area contributed by atoms with Gasteiger partial charge in [-0.2, -0.15) is 17.9 Å². The Morgan fingerprint density at radius 1 is 1.21 bits per heavy atom. The van der Waals surface area contributed by atoms with Crippen molar-refractivity contribution in [3.63, 3.8) is 0 Å². The minimum atomic E-state index is -4.60. The highest BCUT2D eigenvalue weighted by Gasteiger charge is 2.47. The van der Waals surface area contributed by atoms with E-state index in [0.717, 1.165) is 47.9 Å². The predicted molar refractivity (Wildman–Crippen MR) is 103 cm³/mol. The number of methoxy groups -OCH3 is 1. The molecule has 0 saturated heterocycles. The second kappa shape index (κ2) is 8.08. The average molecular weight is 410 g/mol. The standard InChI is InChI=1S/C21H26F3N3O2/c1-5-27-13(2)18(19(26(27)3)21(22,23)24)25-20(28)16-11-14-9-7-6-8-10-15(14)12-17(16)29-4/h11-12H,5-10H2,1-4H3/p+1. The number of alkyl halides is 3. The summed E-state index contributed by atoms with van der Waals surface area (Å²) in [5.41, 5.74) is 1.73. The van der Waals surface area contributed by atoms with Crippen molar-refractivity contribution in [1.82, 2.24) is 4.68 Å². The molecule has 0 bridgehead atoms. The van der Waals surface area contributed by atoms with E-state index in [2.05, 4.69) is 5.32 Å². The number of hydrogen-bond donors (Lipinski definition) is 1. The molecule has 1 aliphatic carbocycles. The molecule has 0 unspecified atom stereocenters. The van der Waals surface area contributed by atoms with Crippen LogP contribution in [0, 0.1) is 6.92 Å². The summed E-state index contributed by atoms with van der Waals surface area (Å²) in [7, 11) is 2.81. The van der Waals surface area contributed by atoms with Gasteiger partial charge in [0, 0.05) is 0 Å². The summed E-state index contributed by atoms with van der Waals surface area (Å²) in [5.74, 6) is -0.218. The number of benzene rings is 1. The molecule has 3 rings (SSSR count). The average Bonchev–Trinajstić information content (AvgIpc) is 2.80. The molecule has 2 aromatic rings. The minimum Gasteiger partial charge on any atom is -0.496 e. The second-order valence-corrected chi connectivity index (χ2v) is 7.38. The number of rotatable bonds is 4. The van der Waals surface area contributed by atoms with Gasteiger partial charge in [-0.05, 0) is 62.8 Å². The molecule has 8 heteroatoms. The molecule has 29 heavy (non-hydrogen) atoms. The number of nitrogens with zero attached hydrogens (tertiary/aromatic N) is 2. The molecular weight excluding hydrogens is 383 g/mol. The normalized spacial score (nSPS) is 14.3. The number of hydrogen-bond acceptors (Lipinski definition) is 2. The zero-order valence-corrected chi connectivity index (χ0v) is 17.2. The fraction of sp³-hybridized carbons (Fsp3) is 0.524. The molecule has 1 N–H and O–H groups in total. The van der Waals surface area contributed by atoms with E-state index < -0.39 is 17.8 Å². The fourth-order valence-corrected chi connectivity index (χ4v) is 4.20. The summed E-state index contributed by atoms with van der Waals surface area (Å²) >= 11 is 0. The van der Waals surface area contributed by atoms with E-state index in [1.807, 2.05) is 6.07 Å². The maximum absolute atomic E-state index is 13.7. The zero-order chi connectivity index (χ0) is 21.3. The first-order chi connectivity index (χ1) is 13.7. The van der Waals surface area contributed by atoms with Crippen molar-refractivity contribution in [2.75, 3.05) is 12.4 Å². The van der Waals surface area contributed by atoms with Gasteiger partial charge in [0.1, 0.15) is 17.1 Å². The molecule has 1 heterocycles. The van der Waals surface area contributed by atoms with Crippen LogP contribution < -0.4 is 14.7 Å². The van der Waals surface area contributed by atoms with Crippen molar-refractivity contribution in [2.24, 2.45) is 7.05 Å². The van der Waals surface area contributed by atoms with Gasteiger partial charge in [-0.1, -0.05) is 6.42 Å². The largest absolute Gasteiger partial charge is 0.496 e. The summed E-state index contributed by atoms with van der Waals surface area (Å²) in [5, 5.41) is 2.51. The lowest BCUT2D eigenvalue weighted by atomic mass is 9.98. The first kappa shape index (κ1) is 21.2. The molecule has 1 aromatic carbocycles. The van der Waals surface area contributed by atoms with Crippen LogP contribution in [-0.4, -0.2) is 17.7 Å². The summed E-state index contributed by atoms with van der Waals surface area (Å²) < 4.78 is 49.0. The van der Waals surface area contributed by atoms with E-state index in [-0.39, 0.29) is 11.3 Å². The number of aromatic nitrogens is 2. The number of halogens is 3. The molecule has 0 spiro atoms. The van der Waals surface area contributed by atoms with Gasteiger partial charge in [-0.15, -0.1) is 4.68 Å². The van der Waals surface area contributed by atoms with Crippen LogP contribution in [-0.2, 0) is 32.6 Å². The number of carbonyl (C=O) groups is 1. The summed E-state index contributed by atoms with van der Waals surface area (Å²) in [6.45, 7) is 3.68. The number of amides is 1. The molecule has 0 radical (unpaired) electrons. The smallest absolute Gasteiger partial charge is 0.482 e. The lowest BCUT2D eigenvalue weighted by molar-refractivity contribution is -0.768. The van der Waals surface area contributed by atoms with E-state index in [9.17, 15) is 18.0 Å². The Morgan fingerprint density at radius 3 is 2.38 bits per heavy atom. The van der Waals surface area contributed by atoms with Crippen molar-refractivity contribution in [3.8, 4) is 5.75 Å². The van der Waals surface area contributed by atoms with Crippen LogP contribution in [0.2, 0.25) is 0 Å². The van der Waals surface area contributed by atoms with Crippen molar-refractivity contribution in [3.05, 3.63) is 40.2 Å². The van der Waals surface area contributed by atoms with Crippen molar-refractivity contribution < 1.29 is 27.4 Å². The van der Waals surface area contributed by atoms with Crippen LogP contribution in [0.1, 0.15) is 59.1 Å². The lowest BCUT2D eigenvalue weighted by Crippen LogP contribution is -2.45. The van der Waals surface area contributed by atoms with Crippen LogP contribution in [0.25, 0.3) is 0 Å². The second-order valence-electron chi connectivity index (χ2n) is 7.38. The number of fused-ring (bicyclic) bond motifs is 1. The lowest BCUT2D eigenvalue weighted by Gasteiger charge is -2.14. The van der Waals surface area contributed by atoms with Crippen LogP contribution in [0.4, 0.5) is 18.9 Å². The molecule has 158 valence electrons. The third kappa shape index (κ3) is 3.97. The van der Waals surface area contributed by atoms with Crippen LogP contribution in [0.15, 0.2) is 12.1 Å². The molecule has 5 nitrogen and oxygen atoms in total. The highest BCUT2D eigenvalue weighted by Crippen LogP contribution is 2.36. The number of carbonyl (C=O) groups excluding carboxylic acids is 1. The third-order valence-electron chi connectivity index (χ3n) is 5.64. The molecule has 0 fully saturated rings. The Hall–Kier alpha value is -2.51. The van der Waals surface area contributed by atoms with Gasteiger partial charge in [-0.25, -0.2) is 0 Å². The van der Waals surface area contributed by atoms with Crippen LogP contribution in [0.3, 0.4) is 0 Å². The van der Waals surface area contributed by atoms with Crippen molar-refractivity contribution in [1.29, 1.82) is 0 Å². The fourth-order valence-electron chi connectivity index (χ4n) is 4.20. The number of ether oxygens (including phenoxy) is 1. The Labute approximate surface area is 168 Å². The van der Waals surface area contributed by atoms with E-state index in [0.29, 0.717) is 18.0 Å². The van der Waals surface area contributed by atoms with Gasteiger partial charge in [0.05, 0.1) is 19.2 Å². The molecule has 0 atom stereocenters. The highest BCUT2D eigenvalue weighted by atomic mass is 19.4. The molecule has 1 amide bonds. The van der Waals surface area contributed by atoms with Crippen molar-refractivity contribution >= 4 is 11.6 Å². The monoisotopic (exact) mass is 410 g/mol. The molecular formula is C21H27F3N3O2+. The number of aryl methyl sites for hydroxylation is 2. The van der Waals surface area contributed by atoms with Gasteiger partial charge in [0.2, 0.25) is 0 Å². The van der Waals surface area contributed by atoms with E-state index in [4.69, 9.17) is 4.74 Å². The summed E-state index contributed by atoms with van der Waals surface area (Å²) in [4.78, 5) is 13.0. The minimum absolute atomic E-state index is 0.219. The third-order valence-corrected chi connectivity index (χ3v) is 5.64. The molecule has 0 aliphatic heterocycles. The van der Waals surface area contributed by atoms with Gasteiger partial charge >= 0.3 is 11.9 Å². The maximum Gasteiger partial charge on any atom is 0.482 e. The van der Waals surface area contributed by atoms with Gasteiger partial charge in [0.15, 0.2) is 7.05 Å². The quantitative estimate of drug-likeness (QED) is 0.607. The predicted octanol–water partition coefficient (Wildman–Crippen LogP) is 4.19. The SMILES string of the molecule is CCn1c(C)c(NC(=O)c2cc3c(cc2OC)CCCCC3)c(C(F)(F)F)[n+]1C. The van der Waals surface area contributed by atoms with E-state index in [1.54, 1.807) is 19.9 Å². The Bertz CT molecular complexity index is 932. The van der Waals surface area contributed by atoms with Crippen LogP contribution >= 0.6 is 0 Å². The molecule has 1 aliphatic rings. The van der Waals surface area contributed by atoms with Gasteiger partial charge < -0.3 is 10.1 Å². The molecule has 0 saturated carbocycles. The molecule has 1 aromatic heterocycles. The Morgan fingerprint density at radius 2 is 1.83 bits per heavy atom. The number of anilines is 1.